The van der Waals surface area contributed by atoms with Crippen LogP contribution in [0.3, 0.4) is 0 Å². The Labute approximate surface area is 127 Å². The molecule has 0 amide bonds. The monoisotopic (exact) mass is 296 g/mol. The van der Waals surface area contributed by atoms with Gasteiger partial charge in [0.1, 0.15) is 5.75 Å². The molecule has 1 aliphatic rings. The third-order valence-electron chi connectivity index (χ3n) is 4.30. The van der Waals surface area contributed by atoms with Crippen LogP contribution in [-0.2, 0) is 6.54 Å². The number of ether oxygens (including phenoxy) is 1. The number of hydrogen-bond donors (Lipinski definition) is 1. The highest BCUT2D eigenvalue weighted by Crippen LogP contribution is 2.30. The number of benzene rings is 1. The van der Waals surface area contributed by atoms with Crippen LogP contribution in [0.5, 0.6) is 5.75 Å². The van der Waals surface area contributed by atoms with E-state index in [0.717, 1.165) is 29.4 Å². The second-order valence-corrected chi connectivity index (χ2v) is 6.61. The van der Waals surface area contributed by atoms with E-state index in [1.165, 1.54) is 25.9 Å². The van der Waals surface area contributed by atoms with Crippen molar-refractivity contribution in [3.05, 3.63) is 28.8 Å². The van der Waals surface area contributed by atoms with Gasteiger partial charge in [-0.05, 0) is 56.6 Å². The van der Waals surface area contributed by atoms with E-state index in [1.807, 2.05) is 18.2 Å². The van der Waals surface area contributed by atoms with Gasteiger partial charge in [0.15, 0.2) is 0 Å². The lowest BCUT2D eigenvalue weighted by molar-refractivity contribution is 0.136. The molecule has 4 heteroatoms. The first kappa shape index (κ1) is 15.6. The Hall–Kier alpha value is -0.770. The zero-order valence-electron chi connectivity index (χ0n) is 12.7. The molecule has 0 atom stereocenters. The number of piperidine rings is 1. The first-order chi connectivity index (χ1) is 9.52. The number of rotatable bonds is 5. The third-order valence-corrected chi connectivity index (χ3v) is 4.54. The van der Waals surface area contributed by atoms with Crippen LogP contribution >= 0.6 is 11.6 Å². The highest BCUT2D eigenvalue weighted by Gasteiger charge is 2.28. The molecule has 0 radical (unpaired) electrons. The normalized spacial score (nSPS) is 19.0. The van der Waals surface area contributed by atoms with Crippen molar-refractivity contribution in [2.24, 2.45) is 5.41 Å². The van der Waals surface area contributed by atoms with Crippen molar-refractivity contribution >= 4 is 11.6 Å². The molecule has 0 aliphatic carbocycles. The van der Waals surface area contributed by atoms with Gasteiger partial charge < -0.3 is 15.0 Å². The van der Waals surface area contributed by atoms with E-state index in [-0.39, 0.29) is 0 Å². The Morgan fingerprint density at radius 3 is 2.70 bits per heavy atom. The SMILES string of the molecule is COc1ccc(Cl)cc1CNCC1(C)CCN(C)CC1. The van der Waals surface area contributed by atoms with Crippen molar-refractivity contribution in [1.29, 1.82) is 0 Å². The van der Waals surface area contributed by atoms with Crippen molar-refractivity contribution in [3.63, 3.8) is 0 Å². The minimum Gasteiger partial charge on any atom is -0.496 e. The van der Waals surface area contributed by atoms with E-state index in [9.17, 15) is 0 Å². The van der Waals surface area contributed by atoms with Gasteiger partial charge in [0, 0.05) is 23.7 Å². The van der Waals surface area contributed by atoms with Gasteiger partial charge in [0.2, 0.25) is 0 Å². The summed E-state index contributed by atoms with van der Waals surface area (Å²) in [7, 11) is 3.90. The van der Waals surface area contributed by atoms with Crippen LogP contribution in [0.25, 0.3) is 0 Å². The molecule has 0 unspecified atom stereocenters. The molecule has 0 bridgehead atoms. The number of hydrogen-bond acceptors (Lipinski definition) is 3. The summed E-state index contributed by atoms with van der Waals surface area (Å²) >= 11 is 6.06. The molecule has 3 nitrogen and oxygen atoms in total. The van der Waals surface area contributed by atoms with Crippen molar-refractivity contribution in [3.8, 4) is 5.75 Å². The molecule has 112 valence electrons. The van der Waals surface area contributed by atoms with Gasteiger partial charge in [-0.3, -0.25) is 0 Å². The molecule has 2 rings (SSSR count). The molecule has 0 aromatic heterocycles. The smallest absolute Gasteiger partial charge is 0.123 e. The first-order valence-electron chi connectivity index (χ1n) is 7.24. The average molecular weight is 297 g/mol. The van der Waals surface area contributed by atoms with E-state index in [1.54, 1.807) is 7.11 Å². The molecule has 0 spiro atoms. The molecule has 1 aromatic rings. The van der Waals surface area contributed by atoms with Crippen molar-refractivity contribution in [1.82, 2.24) is 10.2 Å². The summed E-state index contributed by atoms with van der Waals surface area (Å²) in [5.74, 6) is 0.899. The number of nitrogens with one attached hydrogen (secondary N) is 1. The molecule has 1 saturated heterocycles. The van der Waals surface area contributed by atoms with E-state index in [4.69, 9.17) is 16.3 Å². The highest BCUT2D eigenvalue weighted by atomic mass is 35.5. The maximum atomic E-state index is 6.06. The van der Waals surface area contributed by atoms with E-state index < -0.39 is 0 Å². The third kappa shape index (κ3) is 4.11. The summed E-state index contributed by atoms with van der Waals surface area (Å²) in [6.45, 7) is 6.60. The Morgan fingerprint density at radius 2 is 2.05 bits per heavy atom. The summed E-state index contributed by atoms with van der Waals surface area (Å²) in [6.07, 6.45) is 2.51. The van der Waals surface area contributed by atoms with E-state index >= 15 is 0 Å². The topological polar surface area (TPSA) is 24.5 Å². The lowest BCUT2D eigenvalue weighted by Crippen LogP contribution is -2.41. The van der Waals surface area contributed by atoms with E-state index in [2.05, 4.69) is 24.2 Å². The number of likely N-dealkylation sites (tertiary alicyclic amines) is 1. The predicted octanol–water partition coefficient (Wildman–Crippen LogP) is 3.17. The fourth-order valence-electron chi connectivity index (χ4n) is 2.72. The van der Waals surface area contributed by atoms with Crippen LogP contribution in [0, 0.1) is 5.41 Å². The summed E-state index contributed by atoms with van der Waals surface area (Å²) in [6, 6.07) is 5.77. The Kier molecular flexibility index (Phi) is 5.30. The number of methoxy groups -OCH3 is 1. The van der Waals surface area contributed by atoms with Crippen LogP contribution in [-0.4, -0.2) is 38.7 Å². The zero-order valence-corrected chi connectivity index (χ0v) is 13.5. The van der Waals surface area contributed by atoms with Crippen LogP contribution in [0.15, 0.2) is 18.2 Å². The van der Waals surface area contributed by atoms with Gasteiger partial charge in [-0.15, -0.1) is 0 Å². The first-order valence-corrected chi connectivity index (χ1v) is 7.62. The van der Waals surface area contributed by atoms with Gasteiger partial charge >= 0.3 is 0 Å². The fraction of sp³-hybridized carbons (Fsp3) is 0.625. The van der Waals surface area contributed by atoms with Crippen molar-refractivity contribution < 1.29 is 4.74 Å². The fourth-order valence-corrected chi connectivity index (χ4v) is 2.91. The summed E-state index contributed by atoms with van der Waals surface area (Å²) < 4.78 is 5.38. The molecule has 1 aliphatic heterocycles. The van der Waals surface area contributed by atoms with Gasteiger partial charge in [-0.25, -0.2) is 0 Å². The average Bonchev–Trinajstić information content (AvgIpc) is 2.43. The standard InChI is InChI=1S/C16H25ClN2O/c1-16(6-8-19(2)9-7-16)12-18-11-13-10-14(17)4-5-15(13)20-3/h4-5,10,18H,6-9,11-12H2,1-3H3. The molecule has 0 saturated carbocycles. The number of nitrogens with zero attached hydrogens (tertiary/aromatic N) is 1. The Bertz CT molecular complexity index is 442. The largest absolute Gasteiger partial charge is 0.496 e. The van der Waals surface area contributed by atoms with Crippen LogP contribution in [0.2, 0.25) is 5.02 Å². The zero-order chi connectivity index (χ0) is 14.6. The molecule has 1 aromatic carbocycles. The van der Waals surface area contributed by atoms with E-state index in [0.29, 0.717) is 5.41 Å². The van der Waals surface area contributed by atoms with Crippen molar-refractivity contribution in [2.75, 3.05) is 33.8 Å². The highest BCUT2D eigenvalue weighted by molar-refractivity contribution is 6.30. The predicted molar refractivity (Wildman–Crippen MR) is 84.5 cm³/mol. The summed E-state index contributed by atoms with van der Waals surface area (Å²) in [4.78, 5) is 2.40. The van der Waals surface area contributed by atoms with Gasteiger partial charge in [-0.1, -0.05) is 18.5 Å². The van der Waals surface area contributed by atoms with Crippen LogP contribution in [0.1, 0.15) is 25.3 Å². The second kappa shape index (κ2) is 6.79. The molecular weight excluding hydrogens is 272 g/mol. The van der Waals surface area contributed by atoms with Gasteiger partial charge in [-0.2, -0.15) is 0 Å². The Morgan fingerprint density at radius 1 is 1.35 bits per heavy atom. The number of halogens is 1. The van der Waals surface area contributed by atoms with Gasteiger partial charge in [0.25, 0.3) is 0 Å². The van der Waals surface area contributed by atoms with Gasteiger partial charge in [0.05, 0.1) is 7.11 Å². The second-order valence-electron chi connectivity index (χ2n) is 6.17. The molecule has 1 N–H and O–H groups in total. The summed E-state index contributed by atoms with van der Waals surface area (Å²) in [5, 5.41) is 4.33. The molecular formula is C16H25ClN2O. The van der Waals surface area contributed by atoms with Crippen LogP contribution < -0.4 is 10.1 Å². The molecule has 1 heterocycles. The quantitative estimate of drug-likeness (QED) is 0.903. The summed E-state index contributed by atoms with van der Waals surface area (Å²) in [5.41, 5.74) is 1.52. The minimum absolute atomic E-state index is 0.401. The molecule has 1 fully saturated rings. The lowest BCUT2D eigenvalue weighted by atomic mass is 9.80. The Balaban J connectivity index is 1.88. The molecule has 20 heavy (non-hydrogen) atoms. The minimum atomic E-state index is 0.401. The van der Waals surface area contributed by atoms with Crippen molar-refractivity contribution in [2.45, 2.75) is 26.3 Å². The maximum absolute atomic E-state index is 6.06. The maximum Gasteiger partial charge on any atom is 0.123 e. The lowest BCUT2D eigenvalue weighted by Gasteiger charge is -2.38. The van der Waals surface area contributed by atoms with Crippen LogP contribution in [0.4, 0.5) is 0 Å².